The summed E-state index contributed by atoms with van der Waals surface area (Å²) in [7, 11) is 1.50. The lowest BCUT2D eigenvalue weighted by Crippen LogP contribution is -2.33. The van der Waals surface area contributed by atoms with Crippen molar-refractivity contribution in [2.45, 2.75) is 45.8 Å². The first-order chi connectivity index (χ1) is 24.1. The number of hydrogen-bond acceptors (Lipinski definition) is 5. The van der Waals surface area contributed by atoms with Crippen LogP contribution in [0.15, 0.2) is 127 Å². The van der Waals surface area contributed by atoms with E-state index in [0.29, 0.717) is 35.0 Å². The number of carbonyl (C=O) groups excluding carboxylic acids is 2. The van der Waals surface area contributed by atoms with Crippen molar-refractivity contribution < 1.29 is 24.2 Å². The molecule has 9 nitrogen and oxygen atoms in total. The highest BCUT2D eigenvalue weighted by atomic mass is 16.5. The van der Waals surface area contributed by atoms with Crippen LogP contribution < -0.4 is 20.3 Å². The monoisotopic (exact) mass is 670 g/mol. The molecule has 0 unspecified atom stereocenters. The number of urea groups is 1. The Morgan fingerprint density at radius 2 is 1.34 bits per heavy atom. The van der Waals surface area contributed by atoms with E-state index in [0.717, 1.165) is 22.3 Å². The summed E-state index contributed by atoms with van der Waals surface area (Å²) < 4.78 is 5.61. The number of amides is 3. The van der Waals surface area contributed by atoms with Gasteiger partial charge >= 0.3 is 12.0 Å². The van der Waals surface area contributed by atoms with Gasteiger partial charge in [0, 0.05) is 43.0 Å². The summed E-state index contributed by atoms with van der Waals surface area (Å²) in [6.07, 6.45) is -0.108. The molecule has 9 heteroatoms. The second-order valence-corrected chi connectivity index (χ2v) is 12.1. The van der Waals surface area contributed by atoms with Gasteiger partial charge in [0.1, 0.15) is 5.75 Å². The average Bonchev–Trinajstić information content (AvgIpc) is 3.12. The highest BCUT2D eigenvalue weighted by Gasteiger charge is 2.29. The van der Waals surface area contributed by atoms with Gasteiger partial charge in [0.15, 0.2) is 0 Å². The molecule has 0 bridgehead atoms. The summed E-state index contributed by atoms with van der Waals surface area (Å²) in [4.78, 5) is 41.9. The average molecular weight is 671 g/mol. The standard InChI is InChI=1S/C41H42N4O5/c1-28-13-11-12-18-36(28)42-41(49)43-37-24-23-35(25-39(37)50-4)45(30(3)46)34-21-19-33(20-22-34)38(26-40(47)48)44(27-31-14-7-5-8-15-31)29(2)32-16-9-6-10-17-32/h5-25,29,38H,26-27H2,1-4H3,(H,47,48)(H2,42,43,49)/t29-,38+/m0/s1. The van der Waals surface area contributed by atoms with Crippen LogP contribution in [0, 0.1) is 6.92 Å². The van der Waals surface area contributed by atoms with E-state index in [2.05, 4.69) is 34.6 Å². The second kappa shape index (κ2) is 16.5. The number of ether oxygens (including phenoxy) is 1. The predicted molar refractivity (Wildman–Crippen MR) is 198 cm³/mol. The van der Waals surface area contributed by atoms with E-state index in [-0.39, 0.29) is 18.4 Å². The number of benzene rings is 5. The molecule has 5 aromatic rings. The summed E-state index contributed by atoms with van der Waals surface area (Å²) >= 11 is 0. The molecule has 0 aliphatic carbocycles. The van der Waals surface area contributed by atoms with Gasteiger partial charge in [-0.3, -0.25) is 19.4 Å². The highest BCUT2D eigenvalue weighted by molar-refractivity contribution is 6.02. The minimum absolute atomic E-state index is 0.0902. The van der Waals surface area contributed by atoms with E-state index in [4.69, 9.17) is 4.74 Å². The fourth-order valence-corrected chi connectivity index (χ4v) is 6.10. The number of carboxylic acids is 1. The third-order valence-corrected chi connectivity index (χ3v) is 8.69. The molecule has 0 aliphatic rings. The molecule has 0 saturated heterocycles. The molecule has 5 rings (SSSR count). The Morgan fingerprint density at radius 3 is 1.96 bits per heavy atom. The lowest BCUT2D eigenvalue weighted by Gasteiger charge is -2.37. The number of carbonyl (C=O) groups is 3. The first-order valence-corrected chi connectivity index (χ1v) is 16.4. The highest BCUT2D eigenvalue weighted by Crippen LogP contribution is 2.38. The lowest BCUT2D eigenvalue weighted by atomic mass is 9.96. The van der Waals surface area contributed by atoms with Gasteiger partial charge in [0.25, 0.3) is 0 Å². The molecule has 3 N–H and O–H groups in total. The molecular weight excluding hydrogens is 628 g/mol. The molecular formula is C41H42N4O5. The SMILES string of the molecule is COc1cc(N(C(C)=O)c2ccc([C@@H](CC(=O)O)N(Cc3ccccc3)[C@@H](C)c3ccccc3)cc2)ccc1NC(=O)Nc1ccccc1C. The van der Waals surface area contributed by atoms with E-state index in [1.807, 2.05) is 104 Å². The molecule has 0 aromatic heterocycles. The van der Waals surface area contributed by atoms with Crippen LogP contribution in [0.4, 0.5) is 27.5 Å². The molecule has 256 valence electrons. The Labute approximate surface area is 293 Å². The van der Waals surface area contributed by atoms with Gasteiger partial charge in [-0.15, -0.1) is 0 Å². The van der Waals surface area contributed by atoms with E-state index >= 15 is 0 Å². The van der Waals surface area contributed by atoms with Gasteiger partial charge in [-0.05, 0) is 66.4 Å². The van der Waals surface area contributed by atoms with Gasteiger partial charge in [-0.1, -0.05) is 91.0 Å². The number of carboxylic acid groups (broad SMARTS) is 1. The Morgan fingerprint density at radius 1 is 0.740 bits per heavy atom. The minimum Gasteiger partial charge on any atom is -0.494 e. The van der Waals surface area contributed by atoms with Crippen LogP contribution in [-0.2, 0) is 16.1 Å². The van der Waals surface area contributed by atoms with E-state index < -0.39 is 18.0 Å². The summed E-state index contributed by atoms with van der Waals surface area (Å²) in [6, 6.07) is 39.1. The van der Waals surface area contributed by atoms with Crippen molar-refractivity contribution in [3.63, 3.8) is 0 Å². The van der Waals surface area contributed by atoms with Crippen LogP contribution in [-0.4, -0.2) is 35.0 Å². The molecule has 0 fully saturated rings. The number of anilines is 4. The maximum atomic E-state index is 13.1. The molecule has 0 saturated carbocycles. The zero-order valence-corrected chi connectivity index (χ0v) is 28.7. The number of hydrogen-bond donors (Lipinski definition) is 3. The topological polar surface area (TPSA) is 111 Å². The van der Waals surface area contributed by atoms with Crippen molar-refractivity contribution in [1.29, 1.82) is 0 Å². The molecule has 0 spiro atoms. The van der Waals surface area contributed by atoms with Gasteiger partial charge in [0.05, 0.1) is 24.9 Å². The summed E-state index contributed by atoms with van der Waals surface area (Å²) in [5, 5.41) is 15.7. The van der Waals surface area contributed by atoms with Crippen molar-refractivity contribution in [2.24, 2.45) is 0 Å². The predicted octanol–water partition coefficient (Wildman–Crippen LogP) is 9.11. The quantitative estimate of drug-likeness (QED) is 0.115. The van der Waals surface area contributed by atoms with Crippen LogP contribution in [0.5, 0.6) is 5.75 Å². The first-order valence-electron chi connectivity index (χ1n) is 16.4. The fraction of sp³-hybridized carbons (Fsp3) is 0.195. The van der Waals surface area contributed by atoms with Crippen molar-refractivity contribution in [1.82, 2.24) is 4.90 Å². The Hall–Kier alpha value is -5.93. The molecule has 50 heavy (non-hydrogen) atoms. The molecule has 0 radical (unpaired) electrons. The summed E-state index contributed by atoms with van der Waals surface area (Å²) in [5.41, 5.74) is 6.16. The third kappa shape index (κ3) is 8.75. The molecule has 5 aromatic carbocycles. The minimum atomic E-state index is -0.906. The second-order valence-electron chi connectivity index (χ2n) is 12.1. The van der Waals surface area contributed by atoms with Crippen molar-refractivity contribution in [3.8, 4) is 5.75 Å². The zero-order valence-electron chi connectivity index (χ0n) is 28.7. The van der Waals surface area contributed by atoms with Crippen LogP contribution in [0.2, 0.25) is 0 Å². The van der Waals surface area contributed by atoms with E-state index in [1.165, 1.54) is 14.0 Å². The summed E-state index contributed by atoms with van der Waals surface area (Å²) in [6.45, 7) is 6.02. The van der Waals surface area contributed by atoms with Crippen LogP contribution in [0.3, 0.4) is 0 Å². The van der Waals surface area contributed by atoms with Crippen molar-refractivity contribution in [3.05, 3.63) is 150 Å². The molecule has 2 atom stereocenters. The normalized spacial score (nSPS) is 12.1. The smallest absolute Gasteiger partial charge is 0.323 e. The van der Waals surface area contributed by atoms with Gasteiger partial charge in [-0.2, -0.15) is 0 Å². The Bertz CT molecular complexity index is 1920. The largest absolute Gasteiger partial charge is 0.494 e. The zero-order chi connectivity index (χ0) is 35.6. The van der Waals surface area contributed by atoms with Crippen molar-refractivity contribution >= 4 is 40.7 Å². The van der Waals surface area contributed by atoms with Crippen LogP contribution in [0.1, 0.15) is 54.6 Å². The number of aliphatic carboxylic acids is 1. The summed E-state index contributed by atoms with van der Waals surface area (Å²) in [5.74, 6) is -0.766. The number of nitrogens with zero attached hydrogens (tertiary/aromatic N) is 2. The molecule has 0 heterocycles. The number of aryl methyl sites for hydroxylation is 1. The fourth-order valence-electron chi connectivity index (χ4n) is 6.10. The van der Waals surface area contributed by atoms with Crippen LogP contribution in [0.25, 0.3) is 0 Å². The number of nitrogens with one attached hydrogen (secondary N) is 2. The Balaban J connectivity index is 1.43. The lowest BCUT2D eigenvalue weighted by molar-refractivity contribution is -0.138. The number of rotatable bonds is 13. The maximum absolute atomic E-state index is 13.1. The van der Waals surface area contributed by atoms with Gasteiger partial charge < -0.3 is 20.5 Å². The Kier molecular flexibility index (Phi) is 11.6. The first kappa shape index (κ1) is 35.4. The van der Waals surface area contributed by atoms with Gasteiger partial charge in [0.2, 0.25) is 5.91 Å². The number of methoxy groups -OCH3 is 1. The van der Waals surface area contributed by atoms with Crippen LogP contribution >= 0.6 is 0 Å². The van der Waals surface area contributed by atoms with E-state index in [1.54, 1.807) is 23.1 Å². The van der Waals surface area contributed by atoms with E-state index in [9.17, 15) is 19.5 Å². The maximum Gasteiger partial charge on any atom is 0.323 e. The third-order valence-electron chi connectivity index (χ3n) is 8.69. The van der Waals surface area contributed by atoms with Gasteiger partial charge in [-0.25, -0.2) is 4.79 Å². The molecule has 0 aliphatic heterocycles. The van der Waals surface area contributed by atoms with Crippen molar-refractivity contribution in [2.75, 3.05) is 22.6 Å². The molecule has 3 amide bonds. The number of para-hydroxylation sites is 1.